The Morgan fingerprint density at radius 2 is 2.05 bits per heavy atom. The molecular weight excluding hydrogens is 288 g/mol. The molecule has 3 aliphatic heterocycles. The molecule has 0 radical (unpaired) electrons. The van der Waals surface area contributed by atoms with E-state index in [0.717, 1.165) is 5.56 Å². The lowest BCUT2D eigenvalue weighted by atomic mass is 10.0. The van der Waals surface area contributed by atoms with E-state index in [1.807, 2.05) is 30.3 Å². The molecule has 3 aliphatic rings. The Bertz CT molecular complexity index is 568. The third-order valence-electron chi connectivity index (χ3n) is 4.44. The minimum absolute atomic E-state index is 0.115. The summed E-state index contributed by atoms with van der Waals surface area (Å²) in [5.74, 6) is 0. The van der Waals surface area contributed by atoms with Crippen LogP contribution in [0.25, 0.3) is 0 Å². The van der Waals surface area contributed by atoms with Gasteiger partial charge in [0.15, 0.2) is 12.6 Å². The van der Waals surface area contributed by atoms with Crippen LogP contribution in [0.15, 0.2) is 30.3 Å². The predicted octanol–water partition coefficient (Wildman–Crippen LogP) is 0.603. The standard InChI is InChI=1S/C15H18N2O5/c1-19-14-11-10(17(11)15(16)18)12-9(21-14)7-20-13(22-12)8-5-3-2-4-6-8/h2-6,9-14H,7H2,1H3,(H2,16,18). The normalized spacial score (nSPS) is 39.8. The molecule has 1 aromatic carbocycles. The van der Waals surface area contributed by atoms with Crippen LogP contribution in [0.5, 0.6) is 0 Å². The van der Waals surface area contributed by atoms with Gasteiger partial charge < -0.3 is 29.6 Å². The monoisotopic (exact) mass is 306 g/mol. The van der Waals surface area contributed by atoms with E-state index in [2.05, 4.69) is 0 Å². The quantitative estimate of drug-likeness (QED) is 0.809. The van der Waals surface area contributed by atoms with Gasteiger partial charge in [-0.05, 0) is 0 Å². The molecule has 4 rings (SSSR count). The first-order valence-corrected chi connectivity index (χ1v) is 7.28. The minimum atomic E-state index is -0.487. The van der Waals surface area contributed by atoms with Gasteiger partial charge in [-0.1, -0.05) is 30.3 Å². The molecule has 0 bridgehead atoms. The van der Waals surface area contributed by atoms with Crippen LogP contribution in [-0.2, 0) is 18.9 Å². The molecule has 0 saturated carbocycles. The van der Waals surface area contributed by atoms with Crippen molar-refractivity contribution in [1.29, 1.82) is 0 Å². The third-order valence-corrected chi connectivity index (χ3v) is 4.44. The van der Waals surface area contributed by atoms with Gasteiger partial charge >= 0.3 is 6.03 Å². The number of fused-ring (bicyclic) bond motifs is 3. The van der Waals surface area contributed by atoms with Crippen LogP contribution in [0.3, 0.4) is 0 Å². The summed E-state index contributed by atoms with van der Waals surface area (Å²) in [5, 5.41) is 0. The summed E-state index contributed by atoms with van der Waals surface area (Å²) in [4.78, 5) is 13.1. The minimum Gasteiger partial charge on any atom is -0.354 e. The Hall–Kier alpha value is -1.67. The van der Waals surface area contributed by atoms with Crippen LogP contribution >= 0.6 is 0 Å². The van der Waals surface area contributed by atoms with Crippen LogP contribution in [0.2, 0.25) is 0 Å². The number of rotatable bonds is 2. The van der Waals surface area contributed by atoms with Crippen molar-refractivity contribution in [3.63, 3.8) is 0 Å². The molecule has 2 amide bonds. The van der Waals surface area contributed by atoms with Crippen molar-refractivity contribution in [3.05, 3.63) is 35.9 Å². The number of primary amides is 1. The second-order valence-electron chi connectivity index (χ2n) is 5.68. The molecule has 3 fully saturated rings. The molecule has 7 nitrogen and oxygen atoms in total. The molecule has 2 N–H and O–H groups in total. The number of urea groups is 1. The van der Waals surface area contributed by atoms with E-state index in [1.165, 1.54) is 0 Å². The van der Waals surface area contributed by atoms with Crippen molar-refractivity contribution < 1.29 is 23.7 Å². The highest BCUT2D eigenvalue weighted by Gasteiger charge is 2.66. The fourth-order valence-electron chi connectivity index (χ4n) is 3.40. The second-order valence-corrected chi connectivity index (χ2v) is 5.68. The van der Waals surface area contributed by atoms with Gasteiger partial charge in [-0.3, -0.25) is 0 Å². The topological polar surface area (TPSA) is 83.0 Å². The number of carbonyl (C=O) groups is 1. The zero-order valence-corrected chi connectivity index (χ0v) is 12.1. The van der Waals surface area contributed by atoms with Crippen LogP contribution in [0.1, 0.15) is 11.9 Å². The molecule has 3 saturated heterocycles. The summed E-state index contributed by atoms with van der Waals surface area (Å²) in [6.07, 6.45) is -1.47. The van der Waals surface area contributed by atoms with Crippen LogP contribution in [0, 0.1) is 0 Å². The molecular formula is C15H18N2O5. The first kappa shape index (κ1) is 14.0. The zero-order valence-electron chi connectivity index (χ0n) is 12.1. The average Bonchev–Trinajstić information content (AvgIpc) is 3.30. The maximum atomic E-state index is 11.6. The van der Waals surface area contributed by atoms with Gasteiger partial charge in [0.05, 0.1) is 12.6 Å². The van der Waals surface area contributed by atoms with Crippen LogP contribution in [-0.4, -0.2) is 55.2 Å². The van der Waals surface area contributed by atoms with Gasteiger partial charge in [0.25, 0.3) is 0 Å². The molecule has 6 atom stereocenters. The maximum Gasteiger partial charge on any atom is 0.315 e. The van der Waals surface area contributed by atoms with Gasteiger partial charge in [-0.2, -0.15) is 0 Å². The third kappa shape index (κ3) is 2.09. The van der Waals surface area contributed by atoms with Crippen molar-refractivity contribution in [2.45, 2.75) is 36.9 Å². The summed E-state index contributed by atoms with van der Waals surface area (Å²) in [5.41, 5.74) is 6.37. The molecule has 3 heterocycles. The highest BCUT2D eigenvalue weighted by atomic mass is 16.7. The van der Waals surface area contributed by atoms with Gasteiger partial charge in [0.2, 0.25) is 0 Å². The highest BCUT2D eigenvalue weighted by Crippen LogP contribution is 2.45. The van der Waals surface area contributed by atoms with Crippen LogP contribution < -0.4 is 5.73 Å². The fraction of sp³-hybridized carbons (Fsp3) is 0.533. The summed E-state index contributed by atoms with van der Waals surface area (Å²) < 4.78 is 22.9. The highest BCUT2D eigenvalue weighted by molar-refractivity contribution is 5.76. The number of nitrogens with two attached hydrogens (primary N) is 1. The van der Waals surface area contributed by atoms with Crippen LogP contribution in [0.4, 0.5) is 4.79 Å². The van der Waals surface area contributed by atoms with E-state index in [4.69, 9.17) is 24.7 Å². The number of amides is 2. The van der Waals surface area contributed by atoms with E-state index in [1.54, 1.807) is 12.0 Å². The summed E-state index contributed by atoms with van der Waals surface area (Å²) in [6, 6.07) is 8.92. The maximum absolute atomic E-state index is 11.6. The average molecular weight is 306 g/mol. The largest absolute Gasteiger partial charge is 0.354 e. The zero-order chi connectivity index (χ0) is 15.3. The SMILES string of the molecule is COC1OC2COC(c3ccccc3)OC2C2C1N2C(N)=O. The van der Waals surface area contributed by atoms with Crippen molar-refractivity contribution >= 4 is 6.03 Å². The lowest BCUT2D eigenvalue weighted by molar-refractivity contribution is -0.304. The lowest BCUT2D eigenvalue weighted by Crippen LogP contribution is -2.52. The molecule has 22 heavy (non-hydrogen) atoms. The summed E-state index contributed by atoms with van der Waals surface area (Å²) >= 11 is 0. The van der Waals surface area contributed by atoms with E-state index in [-0.39, 0.29) is 24.3 Å². The molecule has 1 aromatic rings. The fourth-order valence-corrected chi connectivity index (χ4v) is 3.40. The number of methoxy groups -OCH3 is 1. The molecule has 0 spiro atoms. The van der Waals surface area contributed by atoms with E-state index in [0.29, 0.717) is 6.61 Å². The summed E-state index contributed by atoms with van der Waals surface area (Å²) in [6.45, 7) is 0.389. The van der Waals surface area contributed by atoms with Gasteiger partial charge in [-0.25, -0.2) is 4.79 Å². The Morgan fingerprint density at radius 3 is 2.73 bits per heavy atom. The number of hydrogen-bond donors (Lipinski definition) is 1. The van der Waals surface area contributed by atoms with Gasteiger partial charge in [-0.15, -0.1) is 0 Å². The first-order valence-electron chi connectivity index (χ1n) is 7.28. The molecule has 0 aliphatic carbocycles. The van der Waals surface area contributed by atoms with Gasteiger partial charge in [0.1, 0.15) is 18.2 Å². The Labute approximate surface area is 127 Å². The van der Waals surface area contributed by atoms with Crippen molar-refractivity contribution in [3.8, 4) is 0 Å². The number of ether oxygens (including phenoxy) is 4. The van der Waals surface area contributed by atoms with Crippen molar-refractivity contribution in [1.82, 2.24) is 4.90 Å². The molecule has 6 unspecified atom stereocenters. The first-order chi connectivity index (χ1) is 10.7. The van der Waals surface area contributed by atoms with E-state index in [9.17, 15) is 4.79 Å². The number of carbonyl (C=O) groups excluding carboxylic acids is 1. The lowest BCUT2D eigenvalue weighted by Gasteiger charge is -2.39. The molecule has 118 valence electrons. The second kappa shape index (κ2) is 5.20. The molecule has 0 aromatic heterocycles. The van der Waals surface area contributed by atoms with E-state index >= 15 is 0 Å². The summed E-state index contributed by atoms with van der Waals surface area (Å²) in [7, 11) is 1.55. The Kier molecular flexibility index (Phi) is 3.30. The smallest absolute Gasteiger partial charge is 0.315 e. The van der Waals surface area contributed by atoms with Gasteiger partial charge in [0, 0.05) is 12.7 Å². The predicted molar refractivity (Wildman–Crippen MR) is 74.7 cm³/mol. The Balaban J connectivity index is 1.55. The molecule has 7 heteroatoms. The number of nitrogens with zero attached hydrogens (tertiary/aromatic N) is 1. The van der Waals surface area contributed by atoms with Crippen molar-refractivity contribution in [2.75, 3.05) is 13.7 Å². The Morgan fingerprint density at radius 1 is 1.27 bits per heavy atom. The number of hydrogen-bond acceptors (Lipinski definition) is 5. The number of benzene rings is 1. The van der Waals surface area contributed by atoms with E-state index < -0.39 is 18.6 Å². The van der Waals surface area contributed by atoms with Crippen molar-refractivity contribution in [2.24, 2.45) is 5.73 Å².